The fraction of sp³-hybridized carbons (Fsp3) is 0.900. The Labute approximate surface area is 68.2 Å². The van der Waals surface area contributed by atoms with Crippen molar-refractivity contribution in [3.63, 3.8) is 0 Å². The van der Waals surface area contributed by atoms with Gasteiger partial charge in [0.05, 0.1) is 0 Å². The summed E-state index contributed by atoms with van der Waals surface area (Å²) >= 11 is 0. The number of hydrogen-bond donors (Lipinski definition) is 0. The number of carbonyl (C=O) groups excluding carboxylic acids is 1. The van der Waals surface area contributed by atoms with Crippen LogP contribution in [0.2, 0.25) is 0 Å². The first-order valence-corrected chi connectivity index (χ1v) is 4.75. The van der Waals surface area contributed by atoms with E-state index < -0.39 is 0 Å². The van der Waals surface area contributed by atoms with Crippen molar-refractivity contribution in [3.05, 3.63) is 0 Å². The summed E-state index contributed by atoms with van der Waals surface area (Å²) in [6.45, 7) is 2.31. The van der Waals surface area contributed by atoms with Crippen molar-refractivity contribution in [2.24, 2.45) is 11.3 Å². The Hall–Kier alpha value is -0.330. The highest BCUT2D eigenvalue weighted by Crippen LogP contribution is 2.50. The van der Waals surface area contributed by atoms with Crippen LogP contribution in [0.1, 0.15) is 45.4 Å². The Kier molecular flexibility index (Phi) is 1.55. The van der Waals surface area contributed by atoms with Gasteiger partial charge < -0.3 is 0 Å². The van der Waals surface area contributed by atoms with E-state index in [9.17, 15) is 4.79 Å². The Morgan fingerprint density at radius 2 is 2.09 bits per heavy atom. The SMILES string of the molecule is C[C@@]12CCCC(=O)[C@H]1CCC2. The van der Waals surface area contributed by atoms with Gasteiger partial charge in [-0.3, -0.25) is 4.79 Å². The zero-order valence-electron chi connectivity index (χ0n) is 7.23. The zero-order chi connectivity index (χ0) is 7.90. The smallest absolute Gasteiger partial charge is 0.136 e. The predicted molar refractivity (Wildman–Crippen MR) is 44.3 cm³/mol. The summed E-state index contributed by atoms with van der Waals surface area (Å²) in [6.07, 6.45) is 7.06. The first-order chi connectivity index (χ1) is 5.22. The second-order valence-electron chi connectivity index (χ2n) is 4.42. The van der Waals surface area contributed by atoms with E-state index in [-0.39, 0.29) is 0 Å². The maximum atomic E-state index is 11.5. The highest BCUT2D eigenvalue weighted by Gasteiger charge is 2.44. The fourth-order valence-electron chi connectivity index (χ4n) is 2.92. The number of fused-ring (bicyclic) bond motifs is 1. The van der Waals surface area contributed by atoms with Gasteiger partial charge in [-0.05, 0) is 31.1 Å². The molecule has 62 valence electrons. The zero-order valence-corrected chi connectivity index (χ0v) is 7.23. The van der Waals surface area contributed by atoms with Gasteiger partial charge >= 0.3 is 0 Å². The quantitative estimate of drug-likeness (QED) is 0.521. The van der Waals surface area contributed by atoms with Crippen molar-refractivity contribution in [1.82, 2.24) is 0 Å². The van der Waals surface area contributed by atoms with Crippen molar-refractivity contribution in [3.8, 4) is 0 Å². The molecule has 0 saturated heterocycles. The molecule has 0 bridgehead atoms. The summed E-state index contributed by atoms with van der Waals surface area (Å²) in [7, 11) is 0. The second kappa shape index (κ2) is 2.33. The number of carbonyl (C=O) groups is 1. The summed E-state index contributed by atoms with van der Waals surface area (Å²) in [5.41, 5.74) is 0.412. The lowest BCUT2D eigenvalue weighted by atomic mass is 9.69. The van der Waals surface area contributed by atoms with E-state index in [2.05, 4.69) is 6.92 Å². The lowest BCUT2D eigenvalue weighted by molar-refractivity contribution is -0.128. The minimum absolute atomic E-state index is 0.412. The van der Waals surface area contributed by atoms with E-state index in [1.54, 1.807) is 0 Å². The maximum absolute atomic E-state index is 11.5. The molecule has 0 heterocycles. The average Bonchev–Trinajstić information content (AvgIpc) is 2.31. The van der Waals surface area contributed by atoms with Gasteiger partial charge in [-0.25, -0.2) is 0 Å². The van der Waals surface area contributed by atoms with E-state index in [1.165, 1.54) is 25.7 Å². The minimum Gasteiger partial charge on any atom is -0.299 e. The molecule has 0 aromatic heterocycles. The normalized spacial score (nSPS) is 44.1. The Morgan fingerprint density at radius 3 is 2.82 bits per heavy atom. The molecular weight excluding hydrogens is 136 g/mol. The molecule has 2 aliphatic carbocycles. The van der Waals surface area contributed by atoms with E-state index in [1.807, 2.05) is 0 Å². The molecule has 11 heavy (non-hydrogen) atoms. The standard InChI is InChI=1S/C10H16O/c1-10-6-2-4-8(10)9(11)5-3-7-10/h8H,2-7H2,1H3/t8-,10-/m1/s1. The van der Waals surface area contributed by atoms with Crippen molar-refractivity contribution in [2.45, 2.75) is 45.4 Å². The fourth-order valence-corrected chi connectivity index (χ4v) is 2.92. The molecule has 0 unspecified atom stereocenters. The summed E-state index contributed by atoms with van der Waals surface area (Å²) in [4.78, 5) is 11.5. The van der Waals surface area contributed by atoms with Gasteiger partial charge in [-0.15, -0.1) is 0 Å². The van der Waals surface area contributed by atoms with Crippen LogP contribution in [-0.2, 0) is 4.79 Å². The van der Waals surface area contributed by atoms with Crippen molar-refractivity contribution in [1.29, 1.82) is 0 Å². The predicted octanol–water partition coefficient (Wildman–Crippen LogP) is 2.55. The molecule has 0 N–H and O–H groups in total. The van der Waals surface area contributed by atoms with Crippen LogP contribution in [0.15, 0.2) is 0 Å². The number of ketones is 1. The van der Waals surface area contributed by atoms with Gasteiger partial charge in [-0.1, -0.05) is 13.3 Å². The van der Waals surface area contributed by atoms with Gasteiger partial charge in [0.25, 0.3) is 0 Å². The summed E-state index contributed by atoms with van der Waals surface area (Å²) in [5.74, 6) is 0.993. The van der Waals surface area contributed by atoms with Crippen LogP contribution < -0.4 is 0 Å². The van der Waals surface area contributed by atoms with Gasteiger partial charge in [0.2, 0.25) is 0 Å². The molecule has 0 aromatic carbocycles. The molecule has 1 heteroatoms. The van der Waals surface area contributed by atoms with Gasteiger partial charge in [0.15, 0.2) is 0 Å². The van der Waals surface area contributed by atoms with Crippen LogP contribution in [0.4, 0.5) is 0 Å². The largest absolute Gasteiger partial charge is 0.299 e. The van der Waals surface area contributed by atoms with Crippen LogP contribution in [0.5, 0.6) is 0 Å². The number of hydrogen-bond acceptors (Lipinski definition) is 1. The maximum Gasteiger partial charge on any atom is 0.136 e. The first-order valence-electron chi connectivity index (χ1n) is 4.75. The van der Waals surface area contributed by atoms with Gasteiger partial charge in [0, 0.05) is 12.3 Å². The van der Waals surface area contributed by atoms with Crippen LogP contribution in [0.3, 0.4) is 0 Å². The molecule has 1 nitrogen and oxygen atoms in total. The van der Waals surface area contributed by atoms with Gasteiger partial charge in [-0.2, -0.15) is 0 Å². The summed E-state index contributed by atoms with van der Waals surface area (Å²) < 4.78 is 0. The van der Waals surface area contributed by atoms with Crippen LogP contribution in [0, 0.1) is 11.3 Å². The lowest BCUT2D eigenvalue weighted by Gasteiger charge is -2.34. The number of rotatable bonds is 0. The summed E-state index contributed by atoms with van der Waals surface area (Å²) in [6, 6.07) is 0. The molecule has 0 aromatic rings. The molecule has 2 saturated carbocycles. The van der Waals surface area contributed by atoms with Crippen LogP contribution >= 0.6 is 0 Å². The van der Waals surface area contributed by atoms with Crippen molar-refractivity contribution < 1.29 is 4.79 Å². The second-order valence-corrected chi connectivity index (χ2v) is 4.42. The molecule has 2 rings (SSSR count). The minimum atomic E-state index is 0.412. The van der Waals surface area contributed by atoms with E-state index >= 15 is 0 Å². The third-order valence-electron chi connectivity index (χ3n) is 3.64. The molecule has 2 atom stereocenters. The Bertz CT molecular complexity index is 185. The first kappa shape index (κ1) is 7.33. The molecule has 0 amide bonds. The Morgan fingerprint density at radius 1 is 1.36 bits per heavy atom. The van der Waals surface area contributed by atoms with Crippen LogP contribution in [0.25, 0.3) is 0 Å². The van der Waals surface area contributed by atoms with Crippen molar-refractivity contribution >= 4 is 5.78 Å². The van der Waals surface area contributed by atoms with E-state index in [4.69, 9.17) is 0 Å². The molecule has 0 spiro atoms. The highest BCUT2D eigenvalue weighted by atomic mass is 16.1. The molecule has 2 fully saturated rings. The third kappa shape index (κ3) is 1.02. The molecule has 2 aliphatic rings. The highest BCUT2D eigenvalue weighted by molar-refractivity contribution is 5.82. The molecular formula is C10H16O. The molecule has 0 aliphatic heterocycles. The Balaban J connectivity index is 2.22. The van der Waals surface area contributed by atoms with E-state index in [0.29, 0.717) is 17.1 Å². The molecule has 0 radical (unpaired) electrons. The average molecular weight is 152 g/mol. The van der Waals surface area contributed by atoms with Crippen LogP contribution in [-0.4, -0.2) is 5.78 Å². The van der Waals surface area contributed by atoms with Crippen molar-refractivity contribution in [2.75, 3.05) is 0 Å². The topological polar surface area (TPSA) is 17.1 Å². The monoisotopic (exact) mass is 152 g/mol. The van der Waals surface area contributed by atoms with E-state index in [0.717, 1.165) is 12.8 Å². The third-order valence-corrected chi connectivity index (χ3v) is 3.64. The summed E-state index contributed by atoms with van der Waals surface area (Å²) in [5, 5.41) is 0. The lowest BCUT2D eigenvalue weighted by Crippen LogP contribution is -2.32. The van der Waals surface area contributed by atoms with Gasteiger partial charge in [0.1, 0.15) is 5.78 Å². The number of Topliss-reactive ketones (excluding diaryl/α,β-unsaturated/α-hetero) is 1.